The van der Waals surface area contributed by atoms with Crippen molar-refractivity contribution in [3.63, 3.8) is 0 Å². The summed E-state index contributed by atoms with van der Waals surface area (Å²) >= 11 is 0. The molecule has 0 saturated carbocycles. The normalized spacial score (nSPS) is 9.83. The van der Waals surface area contributed by atoms with Crippen LogP contribution in [0.3, 0.4) is 0 Å². The molecule has 0 atom stereocenters. The molecule has 7 heteroatoms. The molecule has 6 nitrogen and oxygen atoms in total. The highest BCUT2D eigenvalue weighted by Crippen LogP contribution is 1.94. The van der Waals surface area contributed by atoms with Gasteiger partial charge in [0.15, 0.2) is 0 Å². The first kappa shape index (κ1) is 17.8. The minimum Gasteiger partial charge on any atom is -0.396 e. The summed E-state index contributed by atoms with van der Waals surface area (Å²) in [6.45, 7) is 4.52. The molecule has 0 radical (unpaired) electrons. The van der Waals surface area contributed by atoms with Gasteiger partial charge in [-0.05, 0) is 12.3 Å². The third-order valence-electron chi connectivity index (χ3n) is 0.706. The van der Waals surface area contributed by atoms with E-state index in [4.69, 9.17) is 22.6 Å². The molecule has 0 rings (SSSR count). The lowest BCUT2D eigenvalue weighted by Gasteiger charge is -1.95. The van der Waals surface area contributed by atoms with Crippen LogP contribution in [0.2, 0.25) is 0 Å². The summed E-state index contributed by atoms with van der Waals surface area (Å²) in [4.78, 5) is 0. The Hall–Kier alpha value is -0.210. The Balaban J connectivity index is -0.000000126. The van der Waals surface area contributed by atoms with Crippen LogP contribution in [0.1, 0.15) is 20.3 Å². The third kappa shape index (κ3) is 97.2. The van der Waals surface area contributed by atoms with Crippen LogP contribution in [-0.2, 0) is 10.4 Å². The Morgan fingerprint density at radius 2 is 1.50 bits per heavy atom. The van der Waals surface area contributed by atoms with Crippen molar-refractivity contribution in [1.29, 1.82) is 0 Å². The van der Waals surface area contributed by atoms with Gasteiger partial charge in [0.05, 0.1) is 0 Å². The van der Waals surface area contributed by atoms with E-state index in [1.807, 2.05) is 0 Å². The largest absolute Gasteiger partial charge is 0.396 e. The summed E-state index contributed by atoms with van der Waals surface area (Å²) in [6.07, 6.45) is 0.931. The summed E-state index contributed by atoms with van der Waals surface area (Å²) in [6, 6.07) is 0. The molecule has 0 spiro atoms. The van der Waals surface area contributed by atoms with Crippen LogP contribution in [0.25, 0.3) is 0 Å². The molecule has 0 bridgehead atoms. The van der Waals surface area contributed by atoms with E-state index in [0.717, 1.165) is 6.42 Å². The molecule has 0 aliphatic carbocycles. The summed E-state index contributed by atoms with van der Waals surface area (Å²) in [7, 11) is -4.67. The van der Waals surface area contributed by atoms with E-state index in [1.54, 1.807) is 0 Å². The zero-order valence-corrected chi connectivity index (χ0v) is 8.08. The fourth-order valence-corrected chi connectivity index (χ4v) is 0.258. The molecule has 6 N–H and O–H groups in total. The highest BCUT2D eigenvalue weighted by Gasteiger charge is 1.86. The van der Waals surface area contributed by atoms with Crippen molar-refractivity contribution in [1.82, 2.24) is 6.15 Å². The molecular formula is C5H17NO5S. The van der Waals surface area contributed by atoms with Gasteiger partial charge in [-0.2, -0.15) is 8.42 Å². The van der Waals surface area contributed by atoms with Gasteiger partial charge in [-0.15, -0.1) is 0 Å². The van der Waals surface area contributed by atoms with Gasteiger partial charge < -0.3 is 11.3 Å². The third-order valence-corrected chi connectivity index (χ3v) is 0.706. The SMILES string of the molecule is CC(C)CCO.N.O=S(=O)(O)O. The van der Waals surface area contributed by atoms with Crippen LogP contribution in [0.4, 0.5) is 0 Å². The van der Waals surface area contributed by atoms with Crippen LogP contribution in [-0.4, -0.2) is 29.2 Å². The number of hydrogen-bond donors (Lipinski definition) is 4. The minimum atomic E-state index is -4.67. The molecule has 0 aromatic rings. The number of aliphatic hydroxyl groups excluding tert-OH is 1. The molecular weight excluding hydrogens is 186 g/mol. The second-order valence-electron chi connectivity index (χ2n) is 2.35. The van der Waals surface area contributed by atoms with Gasteiger partial charge >= 0.3 is 10.4 Å². The summed E-state index contributed by atoms with van der Waals surface area (Å²) in [5.41, 5.74) is 0. The Kier molecular flexibility index (Phi) is 13.2. The van der Waals surface area contributed by atoms with Crippen molar-refractivity contribution in [2.45, 2.75) is 20.3 Å². The molecule has 0 aromatic carbocycles. The average molecular weight is 203 g/mol. The van der Waals surface area contributed by atoms with Gasteiger partial charge in [-0.25, -0.2) is 0 Å². The highest BCUT2D eigenvalue weighted by molar-refractivity contribution is 7.79. The fraction of sp³-hybridized carbons (Fsp3) is 1.00. The molecule has 0 amide bonds. The first-order valence-corrected chi connectivity index (χ1v) is 4.47. The lowest BCUT2D eigenvalue weighted by molar-refractivity contribution is 0.268. The second kappa shape index (κ2) is 8.88. The second-order valence-corrected chi connectivity index (χ2v) is 3.25. The molecule has 0 fully saturated rings. The monoisotopic (exact) mass is 203 g/mol. The standard InChI is InChI=1S/C5H12O.H3N.H2O4S/c1-5(2)3-4-6;;1-5(2,3)4/h5-6H,3-4H2,1-2H3;1H3;(H2,1,2,3,4). The predicted octanol–water partition coefficient (Wildman–Crippen LogP) is 0.534. The zero-order valence-electron chi connectivity index (χ0n) is 7.27. The topological polar surface area (TPSA) is 130 Å². The zero-order chi connectivity index (χ0) is 9.49. The summed E-state index contributed by atoms with van der Waals surface area (Å²) < 4.78 is 31.6. The Morgan fingerprint density at radius 3 is 1.50 bits per heavy atom. The number of rotatable bonds is 2. The van der Waals surface area contributed by atoms with Gasteiger partial charge in [0, 0.05) is 6.61 Å². The molecule has 0 saturated heterocycles. The van der Waals surface area contributed by atoms with Crippen molar-refractivity contribution in [3.05, 3.63) is 0 Å². The van der Waals surface area contributed by atoms with Gasteiger partial charge in [0.25, 0.3) is 0 Å². The molecule has 78 valence electrons. The van der Waals surface area contributed by atoms with Crippen molar-refractivity contribution in [3.8, 4) is 0 Å². The molecule has 0 aliphatic rings. The maximum Gasteiger partial charge on any atom is 0.394 e. The van der Waals surface area contributed by atoms with E-state index < -0.39 is 10.4 Å². The van der Waals surface area contributed by atoms with E-state index in [0.29, 0.717) is 12.5 Å². The van der Waals surface area contributed by atoms with E-state index in [9.17, 15) is 0 Å². The first-order valence-electron chi connectivity index (χ1n) is 3.08. The van der Waals surface area contributed by atoms with E-state index in [1.165, 1.54) is 0 Å². The maximum absolute atomic E-state index is 8.74. The molecule has 0 aliphatic heterocycles. The maximum atomic E-state index is 8.74. The number of hydrogen-bond acceptors (Lipinski definition) is 4. The predicted molar refractivity (Wildman–Crippen MR) is 45.7 cm³/mol. The summed E-state index contributed by atoms with van der Waals surface area (Å²) in [5.74, 6) is 0.648. The molecule has 0 heterocycles. The van der Waals surface area contributed by atoms with Crippen molar-refractivity contribution < 1.29 is 22.6 Å². The lowest BCUT2D eigenvalue weighted by atomic mass is 10.2. The van der Waals surface area contributed by atoms with E-state index >= 15 is 0 Å². The highest BCUT2D eigenvalue weighted by atomic mass is 32.3. The minimum absolute atomic E-state index is 0. The Morgan fingerprint density at radius 1 is 1.25 bits per heavy atom. The van der Waals surface area contributed by atoms with Crippen LogP contribution < -0.4 is 6.15 Å². The first-order chi connectivity index (χ1) is 4.77. The fourth-order valence-electron chi connectivity index (χ4n) is 0.258. The summed E-state index contributed by atoms with van der Waals surface area (Å²) in [5, 5.41) is 8.24. The van der Waals surface area contributed by atoms with Crippen LogP contribution in [0.15, 0.2) is 0 Å². The smallest absolute Gasteiger partial charge is 0.394 e. The van der Waals surface area contributed by atoms with E-state index in [2.05, 4.69) is 13.8 Å². The van der Waals surface area contributed by atoms with Crippen molar-refractivity contribution in [2.75, 3.05) is 6.61 Å². The molecule has 0 unspecified atom stereocenters. The van der Waals surface area contributed by atoms with Gasteiger partial charge in [-0.3, -0.25) is 9.11 Å². The Bertz CT molecular complexity index is 157. The number of aliphatic hydroxyl groups is 1. The van der Waals surface area contributed by atoms with Gasteiger partial charge in [0.1, 0.15) is 0 Å². The van der Waals surface area contributed by atoms with Crippen LogP contribution in [0, 0.1) is 5.92 Å². The van der Waals surface area contributed by atoms with Crippen molar-refractivity contribution in [2.24, 2.45) is 5.92 Å². The quantitative estimate of drug-likeness (QED) is 0.484. The van der Waals surface area contributed by atoms with E-state index in [-0.39, 0.29) is 6.15 Å². The van der Waals surface area contributed by atoms with Crippen molar-refractivity contribution >= 4 is 10.4 Å². The molecule has 12 heavy (non-hydrogen) atoms. The van der Waals surface area contributed by atoms with Crippen LogP contribution in [0.5, 0.6) is 0 Å². The Labute approximate surface area is 72.8 Å². The average Bonchev–Trinajstić information content (AvgIpc) is 1.58. The lowest BCUT2D eigenvalue weighted by Crippen LogP contribution is -1.89. The van der Waals surface area contributed by atoms with Gasteiger partial charge in [0.2, 0.25) is 0 Å². The van der Waals surface area contributed by atoms with Crippen LogP contribution >= 0.6 is 0 Å². The van der Waals surface area contributed by atoms with Gasteiger partial charge in [-0.1, -0.05) is 13.8 Å². The molecule has 0 aromatic heterocycles.